The third kappa shape index (κ3) is 2.81. The van der Waals surface area contributed by atoms with Gasteiger partial charge in [0.25, 0.3) is 0 Å². The highest BCUT2D eigenvalue weighted by Gasteiger charge is 2.28. The van der Waals surface area contributed by atoms with Crippen molar-refractivity contribution >= 4 is 0 Å². The molecule has 0 radical (unpaired) electrons. The van der Waals surface area contributed by atoms with Crippen LogP contribution in [0.15, 0.2) is 36.9 Å². The van der Waals surface area contributed by atoms with Crippen LogP contribution in [-0.2, 0) is 11.3 Å². The standard InChI is InChI=1S/C20H22O5/c1-6-16-15-10-13(21-2)7-8-14(15)18-12(11-25-16)9-17(22-3)19(23-4)20(18)24-5/h6-10,16H,1,11H2,2-5H3. The summed E-state index contributed by atoms with van der Waals surface area (Å²) in [6.07, 6.45) is 1.53. The second kappa shape index (κ2) is 7.07. The van der Waals surface area contributed by atoms with Crippen molar-refractivity contribution in [2.45, 2.75) is 12.7 Å². The molecule has 5 heteroatoms. The first-order chi connectivity index (χ1) is 12.2. The largest absolute Gasteiger partial charge is 0.497 e. The first-order valence-electron chi connectivity index (χ1n) is 7.92. The normalized spacial score (nSPS) is 15.4. The van der Waals surface area contributed by atoms with Crippen LogP contribution >= 0.6 is 0 Å². The van der Waals surface area contributed by atoms with E-state index in [9.17, 15) is 0 Å². The molecule has 0 aromatic heterocycles. The Morgan fingerprint density at radius 2 is 1.76 bits per heavy atom. The summed E-state index contributed by atoms with van der Waals surface area (Å²) in [5.41, 5.74) is 3.86. The van der Waals surface area contributed by atoms with E-state index in [1.165, 1.54) is 0 Å². The maximum atomic E-state index is 6.05. The molecule has 3 rings (SSSR count). The summed E-state index contributed by atoms with van der Waals surface area (Å²) in [5, 5.41) is 0. The van der Waals surface area contributed by atoms with Crippen molar-refractivity contribution in [1.82, 2.24) is 0 Å². The van der Waals surface area contributed by atoms with Crippen LogP contribution in [0.25, 0.3) is 11.1 Å². The minimum absolute atomic E-state index is 0.251. The van der Waals surface area contributed by atoms with Gasteiger partial charge in [-0.15, -0.1) is 6.58 Å². The van der Waals surface area contributed by atoms with E-state index in [1.807, 2.05) is 24.3 Å². The molecule has 0 saturated carbocycles. The summed E-state index contributed by atoms with van der Waals surface area (Å²) in [4.78, 5) is 0. The summed E-state index contributed by atoms with van der Waals surface area (Å²) in [6.45, 7) is 4.31. The maximum Gasteiger partial charge on any atom is 0.203 e. The summed E-state index contributed by atoms with van der Waals surface area (Å²) in [6, 6.07) is 7.82. The van der Waals surface area contributed by atoms with Gasteiger partial charge < -0.3 is 23.7 Å². The number of methoxy groups -OCH3 is 4. The van der Waals surface area contributed by atoms with Gasteiger partial charge in [0.05, 0.1) is 35.0 Å². The number of hydrogen-bond donors (Lipinski definition) is 0. The van der Waals surface area contributed by atoms with Gasteiger partial charge in [-0.2, -0.15) is 0 Å². The van der Waals surface area contributed by atoms with Crippen molar-refractivity contribution in [2.75, 3.05) is 28.4 Å². The zero-order chi connectivity index (χ0) is 18.0. The smallest absolute Gasteiger partial charge is 0.203 e. The molecule has 1 atom stereocenters. The molecule has 0 bridgehead atoms. The van der Waals surface area contributed by atoms with E-state index in [1.54, 1.807) is 34.5 Å². The number of benzene rings is 2. The highest BCUT2D eigenvalue weighted by atomic mass is 16.5. The average molecular weight is 342 g/mol. The molecule has 132 valence electrons. The van der Waals surface area contributed by atoms with E-state index in [2.05, 4.69) is 6.58 Å². The summed E-state index contributed by atoms with van der Waals surface area (Å²) >= 11 is 0. The van der Waals surface area contributed by atoms with Gasteiger partial charge in [0, 0.05) is 5.56 Å². The van der Waals surface area contributed by atoms with Crippen molar-refractivity contribution in [3.8, 4) is 34.1 Å². The Morgan fingerprint density at radius 3 is 2.36 bits per heavy atom. The van der Waals surface area contributed by atoms with E-state index in [0.29, 0.717) is 23.9 Å². The van der Waals surface area contributed by atoms with Crippen LogP contribution in [0.1, 0.15) is 17.2 Å². The summed E-state index contributed by atoms with van der Waals surface area (Å²) in [5.74, 6) is 2.55. The lowest BCUT2D eigenvalue weighted by molar-refractivity contribution is 0.0743. The zero-order valence-electron chi connectivity index (χ0n) is 14.9. The molecule has 2 aromatic rings. The fourth-order valence-corrected chi connectivity index (χ4v) is 3.21. The first-order valence-corrected chi connectivity index (χ1v) is 7.92. The molecule has 1 aliphatic rings. The van der Waals surface area contributed by atoms with Crippen LogP contribution in [0, 0.1) is 0 Å². The van der Waals surface area contributed by atoms with Crippen molar-refractivity contribution in [3.63, 3.8) is 0 Å². The van der Waals surface area contributed by atoms with Crippen LogP contribution in [0.4, 0.5) is 0 Å². The molecule has 1 heterocycles. The van der Waals surface area contributed by atoms with Gasteiger partial charge in [0.1, 0.15) is 11.9 Å². The molecule has 0 aliphatic carbocycles. The Bertz CT molecular complexity index is 797. The SMILES string of the molecule is C=CC1OCc2cc(OC)c(OC)c(OC)c2-c2ccc(OC)cc21. The maximum absolute atomic E-state index is 6.05. The Labute approximate surface area is 147 Å². The Hall–Kier alpha value is -2.66. The molecule has 0 saturated heterocycles. The molecular formula is C20H22O5. The number of ether oxygens (including phenoxy) is 5. The summed E-state index contributed by atoms with van der Waals surface area (Å²) in [7, 11) is 6.47. The molecule has 25 heavy (non-hydrogen) atoms. The molecule has 0 spiro atoms. The lowest BCUT2D eigenvalue weighted by Crippen LogP contribution is -2.00. The van der Waals surface area contributed by atoms with Crippen molar-refractivity contribution in [2.24, 2.45) is 0 Å². The highest BCUT2D eigenvalue weighted by molar-refractivity contribution is 5.82. The van der Waals surface area contributed by atoms with Gasteiger partial charge in [0.15, 0.2) is 11.5 Å². The van der Waals surface area contributed by atoms with Gasteiger partial charge in [0.2, 0.25) is 5.75 Å². The Balaban J connectivity index is 2.35. The van der Waals surface area contributed by atoms with Gasteiger partial charge in [-0.1, -0.05) is 12.1 Å². The Morgan fingerprint density at radius 1 is 1.00 bits per heavy atom. The van der Waals surface area contributed by atoms with Gasteiger partial charge >= 0.3 is 0 Å². The molecule has 0 amide bonds. The molecular weight excluding hydrogens is 320 g/mol. The topological polar surface area (TPSA) is 46.2 Å². The lowest BCUT2D eigenvalue weighted by atomic mass is 9.92. The monoisotopic (exact) mass is 342 g/mol. The second-order valence-electron chi connectivity index (χ2n) is 5.60. The minimum Gasteiger partial charge on any atom is -0.497 e. The van der Waals surface area contributed by atoms with Crippen LogP contribution in [0.5, 0.6) is 23.0 Å². The Kier molecular flexibility index (Phi) is 4.86. The van der Waals surface area contributed by atoms with Crippen molar-refractivity contribution < 1.29 is 23.7 Å². The van der Waals surface area contributed by atoms with Gasteiger partial charge in [-0.3, -0.25) is 0 Å². The molecule has 1 aliphatic heterocycles. The third-order valence-corrected chi connectivity index (χ3v) is 4.38. The molecule has 2 aromatic carbocycles. The second-order valence-corrected chi connectivity index (χ2v) is 5.60. The van der Waals surface area contributed by atoms with Crippen LogP contribution in [0.2, 0.25) is 0 Å². The van der Waals surface area contributed by atoms with E-state index in [0.717, 1.165) is 28.0 Å². The minimum atomic E-state index is -0.251. The van der Waals surface area contributed by atoms with Crippen molar-refractivity contribution in [3.05, 3.63) is 48.0 Å². The van der Waals surface area contributed by atoms with E-state index < -0.39 is 0 Å². The molecule has 5 nitrogen and oxygen atoms in total. The van der Waals surface area contributed by atoms with Gasteiger partial charge in [-0.25, -0.2) is 0 Å². The fourth-order valence-electron chi connectivity index (χ4n) is 3.21. The molecule has 1 unspecified atom stereocenters. The van der Waals surface area contributed by atoms with Crippen LogP contribution in [0.3, 0.4) is 0 Å². The summed E-state index contributed by atoms with van der Waals surface area (Å²) < 4.78 is 28.1. The van der Waals surface area contributed by atoms with Gasteiger partial charge in [-0.05, 0) is 34.9 Å². The number of hydrogen-bond acceptors (Lipinski definition) is 5. The highest BCUT2D eigenvalue weighted by Crippen LogP contribution is 2.50. The third-order valence-electron chi connectivity index (χ3n) is 4.38. The number of fused-ring (bicyclic) bond motifs is 3. The zero-order valence-corrected chi connectivity index (χ0v) is 14.9. The van der Waals surface area contributed by atoms with E-state index >= 15 is 0 Å². The predicted molar refractivity (Wildman–Crippen MR) is 95.8 cm³/mol. The van der Waals surface area contributed by atoms with E-state index in [-0.39, 0.29) is 6.10 Å². The fraction of sp³-hybridized carbons (Fsp3) is 0.300. The molecule has 0 N–H and O–H groups in total. The van der Waals surface area contributed by atoms with Crippen LogP contribution in [-0.4, -0.2) is 28.4 Å². The lowest BCUT2D eigenvalue weighted by Gasteiger charge is -2.19. The average Bonchev–Trinajstić information content (AvgIpc) is 2.81. The van der Waals surface area contributed by atoms with Crippen LogP contribution < -0.4 is 18.9 Å². The number of rotatable bonds is 5. The quantitative estimate of drug-likeness (QED) is 0.764. The van der Waals surface area contributed by atoms with E-state index in [4.69, 9.17) is 23.7 Å². The molecule has 0 fully saturated rings. The van der Waals surface area contributed by atoms with Crippen molar-refractivity contribution in [1.29, 1.82) is 0 Å². The first kappa shape index (κ1) is 17.2. The predicted octanol–water partition coefficient (Wildman–Crippen LogP) is 4.15.